The Morgan fingerprint density at radius 1 is 1.00 bits per heavy atom. The zero-order valence-electron chi connectivity index (χ0n) is 14.8. The first-order valence-electron chi connectivity index (χ1n) is 8.11. The number of hydrazine groups is 1. The molecule has 2 aromatic rings. The van der Waals surface area contributed by atoms with Gasteiger partial charge in [0.05, 0.1) is 11.7 Å². The maximum absolute atomic E-state index is 12.4. The topological polar surface area (TPSA) is 79.5 Å². The van der Waals surface area contributed by atoms with Gasteiger partial charge in [0, 0.05) is 5.56 Å². The lowest BCUT2D eigenvalue weighted by Gasteiger charge is -2.15. The quantitative estimate of drug-likeness (QED) is 0.569. The van der Waals surface area contributed by atoms with Crippen molar-refractivity contribution >= 4 is 29.1 Å². The van der Waals surface area contributed by atoms with E-state index < -0.39 is 5.91 Å². The van der Waals surface area contributed by atoms with Crippen molar-refractivity contribution in [2.75, 3.05) is 0 Å². The fourth-order valence-electron chi connectivity index (χ4n) is 2.18. The minimum Gasteiger partial charge on any atom is -0.490 e. The maximum Gasteiger partial charge on any atom is 0.269 e. The molecule has 0 spiro atoms. The molecule has 6 nitrogen and oxygen atoms in total. The van der Waals surface area contributed by atoms with Crippen LogP contribution in [-0.2, 0) is 0 Å². The summed E-state index contributed by atoms with van der Waals surface area (Å²) in [6.07, 6.45) is -0.0670. The Labute approximate surface area is 157 Å². The average Bonchev–Trinajstić information content (AvgIpc) is 2.59. The summed E-state index contributed by atoms with van der Waals surface area (Å²) in [6, 6.07) is 14.0. The van der Waals surface area contributed by atoms with E-state index >= 15 is 0 Å². The molecule has 0 heterocycles. The normalized spacial score (nSPS) is 10.2. The molecule has 0 aliphatic carbocycles. The van der Waals surface area contributed by atoms with Gasteiger partial charge in [-0.25, -0.2) is 0 Å². The van der Waals surface area contributed by atoms with E-state index in [1.165, 1.54) is 0 Å². The minimum absolute atomic E-state index is 0.0182. The zero-order valence-corrected chi connectivity index (χ0v) is 15.6. The van der Waals surface area contributed by atoms with Crippen molar-refractivity contribution < 1.29 is 14.3 Å². The smallest absolute Gasteiger partial charge is 0.269 e. The molecule has 0 saturated carbocycles. The van der Waals surface area contributed by atoms with Gasteiger partial charge in [0.15, 0.2) is 5.11 Å². The van der Waals surface area contributed by atoms with Crippen LogP contribution >= 0.6 is 12.2 Å². The van der Waals surface area contributed by atoms with Crippen LogP contribution in [0.3, 0.4) is 0 Å². The van der Waals surface area contributed by atoms with Crippen LogP contribution in [0.4, 0.5) is 0 Å². The average molecular weight is 371 g/mol. The van der Waals surface area contributed by atoms with Crippen molar-refractivity contribution in [3.05, 3.63) is 65.2 Å². The van der Waals surface area contributed by atoms with Gasteiger partial charge in [-0.2, -0.15) is 0 Å². The fraction of sp³-hybridized carbons (Fsp3) is 0.211. The molecule has 0 aromatic heterocycles. The van der Waals surface area contributed by atoms with Crippen LogP contribution in [0.2, 0.25) is 0 Å². The molecule has 0 fully saturated rings. The van der Waals surface area contributed by atoms with Crippen molar-refractivity contribution in [2.24, 2.45) is 0 Å². The van der Waals surface area contributed by atoms with Crippen molar-refractivity contribution in [1.82, 2.24) is 16.2 Å². The summed E-state index contributed by atoms with van der Waals surface area (Å²) in [6.45, 7) is 5.65. The van der Waals surface area contributed by atoms with Gasteiger partial charge >= 0.3 is 0 Å². The third-order valence-electron chi connectivity index (χ3n) is 3.29. The third kappa shape index (κ3) is 5.56. The Morgan fingerprint density at radius 2 is 1.73 bits per heavy atom. The number of nitrogens with one attached hydrogen (secondary N) is 3. The summed E-state index contributed by atoms with van der Waals surface area (Å²) in [5, 5.41) is 2.50. The third-order valence-corrected chi connectivity index (χ3v) is 3.50. The van der Waals surface area contributed by atoms with Crippen LogP contribution in [0.25, 0.3) is 0 Å². The first kappa shape index (κ1) is 19.4. The second-order valence-electron chi connectivity index (χ2n) is 5.89. The number of ether oxygens (including phenoxy) is 1. The summed E-state index contributed by atoms with van der Waals surface area (Å²) >= 11 is 5.06. The first-order chi connectivity index (χ1) is 12.4. The summed E-state index contributed by atoms with van der Waals surface area (Å²) in [4.78, 5) is 24.5. The number of aryl methyl sites for hydroxylation is 1. The lowest BCUT2D eigenvalue weighted by atomic mass is 10.1. The van der Waals surface area contributed by atoms with Gasteiger partial charge < -0.3 is 4.74 Å². The predicted molar refractivity (Wildman–Crippen MR) is 104 cm³/mol. The standard InChI is InChI=1S/C19H21N3O3S/c1-12(2)25-16-10-5-4-9-15(16)18(24)20-19(26)22-21-17(23)14-8-6-7-13(3)11-14/h4-12H,1-3H3,(H,21,23)(H2,20,22,24,26). The predicted octanol–water partition coefficient (Wildman–Crippen LogP) is 2.73. The van der Waals surface area contributed by atoms with Crippen molar-refractivity contribution in [3.8, 4) is 5.75 Å². The molecule has 2 aromatic carbocycles. The second kappa shape index (κ2) is 8.96. The van der Waals surface area contributed by atoms with Gasteiger partial charge in [-0.1, -0.05) is 29.8 Å². The van der Waals surface area contributed by atoms with E-state index in [4.69, 9.17) is 17.0 Å². The number of carbonyl (C=O) groups is 2. The molecule has 0 aliphatic heterocycles. The highest BCUT2D eigenvalue weighted by Gasteiger charge is 2.14. The number of amides is 2. The van der Waals surface area contributed by atoms with E-state index in [-0.39, 0.29) is 17.1 Å². The van der Waals surface area contributed by atoms with Gasteiger partial charge in [-0.05, 0) is 57.3 Å². The fourth-order valence-corrected chi connectivity index (χ4v) is 2.33. The number of thiocarbonyl (C=S) groups is 1. The molecule has 2 rings (SSSR count). The molecule has 0 saturated heterocycles. The lowest BCUT2D eigenvalue weighted by Crippen LogP contribution is -2.48. The van der Waals surface area contributed by atoms with E-state index in [0.29, 0.717) is 16.9 Å². The molecule has 0 unspecified atom stereocenters. The van der Waals surface area contributed by atoms with Crippen LogP contribution < -0.4 is 20.9 Å². The van der Waals surface area contributed by atoms with Crippen molar-refractivity contribution in [2.45, 2.75) is 26.9 Å². The summed E-state index contributed by atoms with van der Waals surface area (Å²) in [5.41, 5.74) is 6.79. The van der Waals surface area contributed by atoms with E-state index in [1.54, 1.807) is 42.5 Å². The number of hydrogen-bond acceptors (Lipinski definition) is 4. The number of carbonyl (C=O) groups excluding carboxylic acids is 2. The maximum atomic E-state index is 12.4. The van der Waals surface area contributed by atoms with Gasteiger partial charge in [-0.3, -0.25) is 25.8 Å². The zero-order chi connectivity index (χ0) is 19.1. The van der Waals surface area contributed by atoms with Gasteiger partial charge in [0.25, 0.3) is 11.8 Å². The van der Waals surface area contributed by atoms with Crippen LogP contribution in [0.1, 0.15) is 40.1 Å². The number of hydrogen-bond donors (Lipinski definition) is 3. The highest BCUT2D eigenvalue weighted by molar-refractivity contribution is 7.80. The summed E-state index contributed by atoms with van der Waals surface area (Å²) in [5.74, 6) is -0.316. The van der Waals surface area contributed by atoms with E-state index in [9.17, 15) is 9.59 Å². The highest BCUT2D eigenvalue weighted by atomic mass is 32.1. The Hall–Kier alpha value is -2.93. The molecule has 3 N–H and O–H groups in total. The Morgan fingerprint density at radius 3 is 2.42 bits per heavy atom. The molecular weight excluding hydrogens is 350 g/mol. The first-order valence-corrected chi connectivity index (χ1v) is 8.51. The Balaban J connectivity index is 1.94. The van der Waals surface area contributed by atoms with E-state index in [2.05, 4.69) is 16.2 Å². The molecule has 2 amide bonds. The Kier molecular flexibility index (Phi) is 6.68. The lowest BCUT2D eigenvalue weighted by molar-refractivity contribution is 0.0933. The molecule has 136 valence electrons. The molecular formula is C19H21N3O3S. The van der Waals surface area contributed by atoms with Crippen molar-refractivity contribution in [3.63, 3.8) is 0 Å². The molecule has 0 aliphatic rings. The SMILES string of the molecule is Cc1cccc(C(=O)NNC(=S)NC(=O)c2ccccc2OC(C)C)c1. The molecule has 7 heteroatoms. The van der Waals surface area contributed by atoms with Crippen LogP contribution in [-0.4, -0.2) is 23.0 Å². The van der Waals surface area contributed by atoms with Crippen LogP contribution in [0.15, 0.2) is 48.5 Å². The summed E-state index contributed by atoms with van der Waals surface area (Å²) < 4.78 is 5.62. The van der Waals surface area contributed by atoms with Crippen LogP contribution in [0.5, 0.6) is 5.75 Å². The second-order valence-corrected chi connectivity index (χ2v) is 6.30. The van der Waals surface area contributed by atoms with Gasteiger partial charge in [0.1, 0.15) is 5.75 Å². The molecule has 26 heavy (non-hydrogen) atoms. The Bertz CT molecular complexity index is 821. The highest BCUT2D eigenvalue weighted by Crippen LogP contribution is 2.19. The van der Waals surface area contributed by atoms with E-state index in [0.717, 1.165) is 5.56 Å². The monoisotopic (exact) mass is 371 g/mol. The molecule has 0 atom stereocenters. The molecule has 0 bridgehead atoms. The number of para-hydroxylation sites is 1. The largest absolute Gasteiger partial charge is 0.490 e. The molecule has 0 radical (unpaired) electrons. The van der Waals surface area contributed by atoms with Gasteiger partial charge in [0.2, 0.25) is 0 Å². The van der Waals surface area contributed by atoms with Gasteiger partial charge in [-0.15, -0.1) is 0 Å². The van der Waals surface area contributed by atoms with Crippen LogP contribution in [0, 0.1) is 6.92 Å². The summed E-state index contributed by atoms with van der Waals surface area (Å²) in [7, 11) is 0. The van der Waals surface area contributed by atoms with E-state index in [1.807, 2.05) is 26.8 Å². The number of benzene rings is 2. The minimum atomic E-state index is -0.427. The van der Waals surface area contributed by atoms with Crippen molar-refractivity contribution in [1.29, 1.82) is 0 Å². The number of rotatable bonds is 4.